The molecule has 0 aliphatic rings. The summed E-state index contributed by atoms with van der Waals surface area (Å²) in [5.74, 6) is 0.547. The van der Waals surface area contributed by atoms with E-state index in [2.05, 4.69) is 0 Å². The molecule has 0 saturated carbocycles. The Labute approximate surface area is 96.4 Å². The molecule has 0 aromatic heterocycles. The van der Waals surface area contributed by atoms with E-state index in [1.165, 1.54) is 6.92 Å². The van der Waals surface area contributed by atoms with E-state index in [1.54, 1.807) is 0 Å². The summed E-state index contributed by atoms with van der Waals surface area (Å²) in [5.41, 5.74) is 1.15. The SMILES string of the molecule is CCC(COc1cccc(C)c1)OC(C)=O. The lowest BCUT2D eigenvalue weighted by atomic mass is 10.2. The van der Waals surface area contributed by atoms with Crippen LogP contribution in [0, 0.1) is 6.92 Å². The standard InChI is InChI=1S/C13H18O3/c1-4-12(16-11(3)14)9-15-13-7-5-6-10(2)8-13/h5-8,12H,4,9H2,1-3H3. The summed E-state index contributed by atoms with van der Waals surface area (Å²) in [6, 6.07) is 7.81. The molecule has 0 aliphatic heterocycles. The van der Waals surface area contributed by atoms with Gasteiger partial charge in [-0.05, 0) is 31.0 Å². The van der Waals surface area contributed by atoms with Crippen molar-refractivity contribution in [1.29, 1.82) is 0 Å². The van der Waals surface area contributed by atoms with Crippen molar-refractivity contribution in [2.75, 3.05) is 6.61 Å². The Kier molecular flexibility index (Phi) is 4.83. The number of rotatable bonds is 5. The van der Waals surface area contributed by atoms with Crippen LogP contribution in [0.4, 0.5) is 0 Å². The van der Waals surface area contributed by atoms with Gasteiger partial charge in [0.1, 0.15) is 18.5 Å². The zero-order chi connectivity index (χ0) is 12.0. The van der Waals surface area contributed by atoms with Crippen molar-refractivity contribution in [1.82, 2.24) is 0 Å². The molecule has 1 aromatic carbocycles. The number of aryl methyl sites for hydroxylation is 1. The van der Waals surface area contributed by atoms with Crippen molar-refractivity contribution < 1.29 is 14.3 Å². The third kappa shape index (κ3) is 4.34. The van der Waals surface area contributed by atoms with E-state index in [4.69, 9.17) is 9.47 Å². The molecule has 0 fully saturated rings. The van der Waals surface area contributed by atoms with Gasteiger partial charge < -0.3 is 9.47 Å². The van der Waals surface area contributed by atoms with Gasteiger partial charge in [0.25, 0.3) is 0 Å². The Morgan fingerprint density at radius 2 is 2.19 bits per heavy atom. The third-order valence-electron chi connectivity index (χ3n) is 2.21. The molecular weight excluding hydrogens is 204 g/mol. The maximum absolute atomic E-state index is 10.8. The zero-order valence-electron chi connectivity index (χ0n) is 10.0. The summed E-state index contributed by atoms with van der Waals surface area (Å²) >= 11 is 0. The van der Waals surface area contributed by atoms with Crippen LogP contribution in [-0.4, -0.2) is 18.7 Å². The monoisotopic (exact) mass is 222 g/mol. The maximum Gasteiger partial charge on any atom is 0.303 e. The van der Waals surface area contributed by atoms with E-state index in [1.807, 2.05) is 38.1 Å². The van der Waals surface area contributed by atoms with Gasteiger partial charge in [-0.25, -0.2) is 0 Å². The van der Waals surface area contributed by atoms with E-state index in [0.29, 0.717) is 6.61 Å². The van der Waals surface area contributed by atoms with Crippen LogP contribution in [0.5, 0.6) is 5.75 Å². The van der Waals surface area contributed by atoms with Crippen molar-refractivity contribution >= 4 is 5.97 Å². The maximum atomic E-state index is 10.8. The molecule has 0 saturated heterocycles. The highest BCUT2D eigenvalue weighted by Gasteiger charge is 2.10. The number of ether oxygens (including phenoxy) is 2. The fourth-order valence-corrected chi connectivity index (χ4v) is 1.36. The number of hydrogen-bond donors (Lipinski definition) is 0. The Hall–Kier alpha value is -1.51. The molecule has 88 valence electrons. The predicted octanol–water partition coefficient (Wildman–Crippen LogP) is 2.72. The first-order valence-electron chi connectivity index (χ1n) is 5.48. The second kappa shape index (κ2) is 6.16. The van der Waals surface area contributed by atoms with Gasteiger partial charge in [-0.15, -0.1) is 0 Å². The van der Waals surface area contributed by atoms with Gasteiger partial charge in [0.05, 0.1) is 0 Å². The van der Waals surface area contributed by atoms with E-state index in [9.17, 15) is 4.79 Å². The van der Waals surface area contributed by atoms with Crippen LogP contribution >= 0.6 is 0 Å². The van der Waals surface area contributed by atoms with Gasteiger partial charge in [-0.1, -0.05) is 19.1 Å². The van der Waals surface area contributed by atoms with Crippen LogP contribution in [0.25, 0.3) is 0 Å². The molecule has 3 nitrogen and oxygen atoms in total. The van der Waals surface area contributed by atoms with Crippen LogP contribution in [-0.2, 0) is 9.53 Å². The third-order valence-corrected chi connectivity index (χ3v) is 2.21. The highest BCUT2D eigenvalue weighted by Crippen LogP contribution is 2.13. The second-order valence-corrected chi connectivity index (χ2v) is 3.77. The minimum Gasteiger partial charge on any atom is -0.490 e. The van der Waals surface area contributed by atoms with Gasteiger partial charge in [0.15, 0.2) is 0 Å². The molecule has 1 rings (SSSR count). The van der Waals surface area contributed by atoms with Gasteiger partial charge in [0, 0.05) is 6.92 Å². The second-order valence-electron chi connectivity index (χ2n) is 3.77. The molecule has 0 bridgehead atoms. The summed E-state index contributed by atoms with van der Waals surface area (Å²) in [4.78, 5) is 10.8. The van der Waals surface area contributed by atoms with Crippen molar-refractivity contribution in [2.45, 2.75) is 33.3 Å². The lowest BCUT2D eigenvalue weighted by Gasteiger charge is -2.16. The van der Waals surface area contributed by atoms with Crippen LogP contribution < -0.4 is 4.74 Å². The molecular formula is C13H18O3. The molecule has 0 spiro atoms. The van der Waals surface area contributed by atoms with Crippen molar-refractivity contribution in [3.8, 4) is 5.75 Å². The van der Waals surface area contributed by atoms with E-state index < -0.39 is 0 Å². The fourth-order valence-electron chi connectivity index (χ4n) is 1.36. The average molecular weight is 222 g/mol. The number of carbonyl (C=O) groups excluding carboxylic acids is 1. The Balaban J connectivity index is 2.46. The first kappa shape index (κ1) is 12.6. The smallest absolute Gasteiger partial charge is 0.303 e. The molecule has 0 N–H and O–H groups in total. The first-order valence-corrected chi connectivity index (χ1v) is 5.48. The van der Waals surface area contributed by atoms with Gasteiger partial charge in [0.2, 0.25) is 0 Å². The zero-order valence-corrected chi connectivity index (χ0v) is 10.0. The number of esters is 1. The van der Waals surface area contributed by atoms with E-state index >= 15 is 0 Å². The summed E-state index contributed by atoms with van der Waals surface area (Å²) in [5, 5.41) is 0. The fraction of sp³-hybridized carbons (Fsp3) is 0.462. The molecule has 3 heteroatoms. The molecule has 0 heterocycles. The molecule has 1 aromatic rings. The number of benzene rings is 1. The Morgan fingerprint density at radius 3 is 2.75 bits per heavy atom. The van der Waals surface area contributed by atoms with E-state index in [-0.39, 0.29) is 12.1 Å². The van der Waals surface area contributed by atoms with Crippen LogP contribution in [0.15, 0.2) is 24.3 Å². The van der Waals surface area contributed by atoms with Crippen LogP contribution in [0.1, 0.15) is 25.8 Å². The predicted molar refractivity (Wildman–Crippen MR) is 62.5 cm³/mol. The number of carbonyl (C=O) groups is 1. The summed E-state index contributed by atoms with van der Waals surface area (Å²) in [6.07, 6.45) is 0.587. The van der Waals surface area contributed by atoms with Crippen LogP contribution in [0.3, 0.4) is 0 Å². The molecule has 1 unspecified atom stereocenters. The normalized spacial score (nSPS) is 11.9. The highest BCUT2D eigenvalue weighted by atomic mass is 16.6. The van der Waals surface area contributed by atoms with Gasteiger partial charge >= 0.3 is 5.97 Å². The Morgan fingerprint density at radius 1 is 1.44 bits per heavy atom. The van der Waals surface area contributed by atoms with Crippen LogP contribution in [0.2, 0.25) is 0 Å². The van der Waals surface area contributed by atoms with Crippen molar-refractivity contribution in [3.63, 3.8) is 0 Å². The van der Waals surface area contributed by atoms with Gasteiger partial charge in [-0.3, -0.25) is 4.79 Å². The lowest BCUT2D eigenvalue weighted by Crippen LogP contribution is -2.23. The Bertz CT molecular complexity index is 347. The quantitative estimate of drug-likeness (QED) is 0.718. The topological polar surface area (TPSA) is 35.5 Å². The molecule has 0 aliphatic carbocycles. The van der Waals surface area contributed by atoms with Crippen molar-refractivity contribution in [2.24, 2.45) is 0 Å². The average Bonchev–Trinajstić information content (AvgIpc) is 2.24. The summed E-state index contributed by atoms with van der Waals surface area (Å²) in [6.45, 7) is 5.79. The molecule has 16 heavy (non-hydrogen) atoms. The van der Waals surface area contributed by atoms with Crippen molar-refractivity contribution in [3.05, 3.63) is 29.8 Å². The molecule has 0 radical (unpaired) electrons. The summed E-state index contributed by atoms with van der Waals surface area (Å²) < 4.78 is 10.7. The molecule has 0 amide bonds. The minimum atomic E-state index is -0.264. The molecule has 1 atom stereocenters. The largest absolute Gasteiger partial charge is 0.490 e. The number of hydrogen-bond acceptors (Lipinski definition) is 3. The summed E-state index contributed by atoms with van der Waals surface area (Å²) in [7, 11) is 0. The minimum absolute atomic E-state index is 0.169. The first-order chi connectivity index (χ1) is 7.61. The lowest BCUT2D eigenvalue weighted by molar-refractivity contribution is -0.147. The van der Waals surface area contributed by atoms with E-state index in [0.717, 1.165) is 17.7 Å². The van der Waals surface area contributed by atoms with Gasteiger partial charge in [-0.2, -0.15) is 0 Å². The highest BCUT2D eigenvalue weighted by molar-refractivity contribution is 5.66.